The van der Waals surface area contributed by atoms with Gasteiger partial charge >= 0.3 is 0 Å². The van der Waals surface area contributed by atoms with Gasteiger partial charge in [-0.1, -0.05) is 25.1 Å². The van der Waals surface area contributed by atoms with Crippen molar-refractivity contribution in [1.82, 2.24) is 10.2 Å². The third-order valence-electron chi connectivity index (χ3n) is 5.19. The maximum atomic E-state index is 13.3. The molecule has 1 saturated heterocycles. The molecule has 1 fully saturated rings. The van der Waals surface area contributed by atoms with Crippen LogP contribution in [0.4, 0.5) is 10.1 Å². The maximum absolute atomic E-state index is 13.3. The molecule has 1 heterocycles. The summed E-state index contributed by atoms with van der Waals surface area (Å²) in [5.74, 6) is -1.07. The quantitative estimate of drug-likeness (QED) is 0.765. The lowest BCUT2D eigenvalue weighted by Gasteiger charge is -2.32. The van der Waals surface area contributed by atoms with Crippen LogP contribution in [0.2, 0.25) is 0 Å². The molecule has 3 rings (SSSR count). The molecule has 158 valence electrons. The summed E-state index contributed by atoms with van der Waals surface area (Å²) in [5.41, 5.74) is 1.63. The molecular weight excluding hydrogens is 385 g/mol. The van der Waals surface area contributed by atoms with E-state index in [1.807, 2.05) is 13.0 Å². The highest BCUT2D eigenvalue weighted by molar-refractivity contribution is 6.04. The van der Waals surface area contributed by atoms with Gasteiger partial charge in [-0.3, -0.25) is 14.4 Å². The summed E-state index contributed by atoms with van der Waals surface area (Å²) < 4.78 is 13.3. The second-order valence-electron chi connectivity index (χ2n) is 7.42. The van der Waals surface area contributed by atoms with Crippen LogP contribution < -0.4 is 10.6 Å². The maximum Gasteiger partial charge on any atom is 0.255 e. The summed E-state index contributed by atoms with van der Waals surface area (Å²) in [6, 6.07) is 12.6. The highest BCUT2D eigenvalue weighted by Gasteiger charge is 2.27. The zero-order chi connectivity index (χ0) is 21.5. The molecule has 1 aliphatic rings. The number of nitrogens with one attached hydrogen (secondary N) is 2. The molecule has 2 aromatic carbocycles. The van der Waals surface area contributed by atoms with E-state index < -0.39 is 11.7 Å². The van der Waals surface area contributed by atoms with E-state index in [-0.39, 0.29) is 23.3 Å². The predicted octanol–water partition coefficient (Wildman–Crippen LogP) is 3.34. The molecule has 0 spiro atoms. The lowest BCUT2D eigenvalue weighted by atomic mass is 9.96. The van der Waals surface area contributed by atoms with Crippen molar-refractivity contribution in [3.8, 4) is 0 Å². The Morgan fingerprint density at radius 3 is 2.70 bits per heavy atom. The molecular formula is C23H26FN3O3. The molecule has 0 aliphatic carbocycles. The Morgan fingerprint density at radius 2 is 1.93 bits per heavy atom. The van der Waals surface area contributed by atoms with Gasteiger partial charge in [-0.05, 0) is 48.7 Å². The van der Waals surface area contributed by atoms with Gasteiger partial charge in [0.05, 0.1) is 5.92 Å². The molecule has 1 unspecified atom stereocenters. The third kappa shape index (κ3) is 5.65. The van der Waals surface area contributed by atoms with Crippen molar-refractivity contribution in [3.05, 3.63) is 65.5 Å². The summed E-state index contributed by atoms with van der Waals surface area (Å²) in [7, 11) is 0. The number of amides is 3. The van der Waals surface area contributed by atoms with E-state index >= 15 is 0 Å². The summed E-state index contributed by atoms with van der Waals surface area (Å²) in [6.07, 6.45) is 2.04. The summed E-state index contributed by atoms with van der Waals surface area (Å²) in [4.78, 5) is 38.5. The zero-order valence-electron chi connectivity index (χ0n) is 17.0. The molecule has 7 heteroatoms. The number of hydrogen-bond acceptors (Lipinski definition) is 3. The molecule has 0 saturated carbocycles. The van der Waals surface area contributed by atoms with Crippen LogP contribution >= 0.6 is 0 Å². The van der Waals surface area contributed by atoms with Crippen molar-refractivity contribution in [1.29, 1.82) is 0 Å². The monoisotopic (exact) mass is 411 g/mol. The zero-order valence-corrected chi connectivity index (χ0v) is 17.0. The van der Waals surface area contributed by atoms with E-state index in [0.717, 1.165) is 18.4 Å². The fraction of sp³-hybridized carbons (Fsp3) is 0.348. The fourth-order valence-corrected chi connectivity index (χ4v) is 3.57. The van der Waals surface area contributed by atoms with E-state index in [0.29, 0.717) is 31.7 Å². The molecule has 30 heavy (non-hydrogen) atoms. The van der Waals surface area contributed by atoms with Gasteiger partial charge in [0.25, 0.3) is 5.91 Å². The first-order valence-electron chi connectivity index (χ1n) is 10.2. The van der Waals surface area contributed by atoms with Gasteiger partial charge in [0.15, 0.2) is 0 Å². The van der Waals surface area contributed by atoms with Crippen LogP contribution in [-0.4, -0.2) is 35.7 Å². The molecule has 0 bridgehead atoms. The number of carbonyl (C=O) groups excluding carboxylic acids is 3. The number of halogens is 1. The van der Waals surface area contributed by atoms with Crippen molar-refractivity contribution in [3.63, 3.8) is 0 Å². The lowest BCUT2D eigenvalue weighted by molar-refractivity contribution is -0.135. The van der Waals surface area contributed by atoms with E-state index in [9.17, 15) is 18.8 Å². The molecule has 2 aromatic rings. The number of piperidine rings is 1. The van der Waals surface area contributed by atoms with Crippen molar-refractivity contribution in [2.75, 3.05) is 18.4 Å². The lowest BCUT2D eigenvalue weighted by Crippen LogP contribution is -2.45. The van der Waals surface area contributed by atoms with Crippen molar-refractivity contribution >= 4 is 23.4 Å². The Kier molecular flexibility index (Phi) is 7.17. The van der Waals surface area contributed by atoms with E-state index in [1.54, 1.807) is 29.2 Å². The highest BCUT2D eigenvalue weighted by atomic mass is 19.1. The number of benzene rings is 2. The first kappa shape index (κ1) is 21.5. The first-order valence-corrected chi connectivity index (χ1v) is 10.2. The van der Waals surface area contributed by atoms with Crippen LogP contribution in [0.1, 0.15) is 42.1 Å². The number of rotatable bonds is 6. The Bertz CT molecular complexity index is 931. The first-order chi connectivity index (χ1) is 14.5. The molecule has 0 radical (unpaired) electrons. The van der Waals surface area contributed by atoms with Crippen LogP contribution in [0.5, 0.6) is 0 Å². The molecule has 2 N–H and O–H groups in total. The number of nitrogens with zero attached hydrogens (tertiary/aromatic N) is 1. The smallest absolute Gasteiger partial charge is 0.255 e. The van der Waals surface area contributed by atoms with Crippen molar-refractivity contribution in [2.45, 2.75) is 32.7 Å². The second-order valence-corrected chi connectivity index (χ2v) is 7.42. The Balaban J connectivity index is 1.55. The number of anilines is 1. The molecule has 1 atom stereocenters. The van der Waals surface area contributed by atoms with Crippen LogP contribution in [0.3, 0.4) is 0 Å². The molecule has 6 nitrogen and oxygen atoms in total. The van der Waals surface area contributed by atoms with Crippen molar-refractivity contribution < 1.29 is 18.8 Å². The van der Waals surface area contributed by atoms with E-state index in [4.69, 9.17) is 0 Å². The van der Waals surface area contributed by atoms with Crippen LogP contribution in [-0.2, 0) is 16.1 Å². The van der Waals surface area contributed by atoms with Crippen molar-refractivity contribution in [2.24, 2.45) is 5.92 Å². The normalized spacial score (nSPS) is 16.1. The standard InChI is InChI=1S/C23H26FN3O3/c1-2-21(28)27-11-5-8-18(15-27)22(29)25-14-16-6-3-10-20(12-16)26-23(30)17-7-4-9-19(24)13-17/h3-4,6-7,9-10,12-13,18H,2,5,8,11,14-15H2,1H3,(H,25,29)(H,26,30). The second kappa shape index (κ2) is 10.0. The molecule has 1 aliphatic heterocycles. The largest absolute Gasteiger partial charge is 0.352 e. The minimum Gasteiger partial charge on any atom is -0.352 e. The van der Waals surface area contributed by atoms with Gasteiger partial charge in [-0.25, -0.2) is 4.39 Å². The van der Waals surface area contributed by atoms with Gasteiger partial charge in [0.2, 0.25) is 11.8 Å². The number of hydrogen-bond donors (Lipinski definition) is 2. The van der Waals surface area contributed by atoms with Crippen LogP contribution in [0.25, 0.3) is 0 Å². The topological polar surface area (TPSA) is 78.5 Å². The molecule has 3 amide bonds. The van der Waals surface area contributed by atoms with E-state index in [2.05, 4.69) is 10.6 Å². The Morgan fingerprint density at radius 1 is 1.13 bits per heavy atom. The SMILES string of the molecule is CCC(=O)N1CCCC(C(=O)NCc2cccc(NC(=O)c3cccc(F)c3)c2)C1. The minimum atomic E-state index is -0.471. The molecule has 0 aromatic heterocycles. The fourth-order valence-electron chi connectivity index (χ4n) is 3.57. The van der Waals surface area contributed by atoms with Crippen LogP contribution in [0.15, 0.2) is 48.5 Å². The summed E-state index contributed by atoms with van der Waals surface area (Å²) >= 11 is 0. The number of carbonyl (C=O) groups is 3. The minimum absolute atomic E-state index is 0.0715. The number of likely N-dealkylation sites (tertiary alicyclic amines) is 1. The van der Waals surface area contributed by atoms with Gasteiger partial charge < -0.3 is 15.5 Å². The average Bonchev–Trinajstić information content (AvgIpc) is 2.77. The Labute approximate surface area is 175 Å². The van der Waals surface area contributed by atoms with Crippen LogP contribution in [0, 0.1) is 11.7 Å². The third-order valence-corrected chi connectivity index (χ3v) is 5.19. The predicted molar refractivity (Wildman–Crippen MR) is 112 cm³/mol. The van der Waals surface area contributed by atoms with E-state index in [1.165, 1.54) is 18.2 Å². The Hall–Kier alpha value is -3.22. The summed E-state index contributed by atoms with van der Waals surface area (Å²) in [6.45, 7) is 3.32. The van der Waals surface area contributed by atoms with Gasteiger partial charge in [-0.2, -0.15) is 0 Å². The average molecular weight is 411 g/mol. The van der Waals surface area contributed by atoms with Gasteiger partial charge in [0, 0.05) is 37.3 Å². The summed E-state index contributed by atoms with van der Waals surface area (Å²) in [5, 5.41) is 5.67. The van der Waals surface area contributed by atoms with Gasteiger partial charge in [-0.15, -0.1) is 0 Å². The highest BCUT2D eigenvalue weighted by Crippen LogP contribution is 2.18. The van der Waals surface area contributed by atoms with Gasteiger partial charge in [0.1, 0.15) is 5.82 Å².